The quantitative estimate of drug-likeness (QED) is 0.314. The highest BCUT2D eigenvalue weighted by atomic mass is 16.6. The molecule has 1 saturated heterocycles. The number of piperidine rings is 1. The van der Waals surface area contributed by atoms with Gasteiger partial charge >= 0.3 is 0 Å². The van der Waals surface area contributed by atoms with Crippen LogP contribution in [-0.4, -0.2) is 53.6 Å². The van der Waals surface area contributed by atoms with Crippen LogP contribution in [0.3, 0.4) is 0 Å². The average Bonchev–Trinajstić information content (AvgIpc) is 3.09. The van der Waals surface area contributed by atoms with Gasteiger partial charge in [-0.15, -0.1) is 0 Å². The molecule has 2 heterocycles. The molecule has 9 heteroatoms. The van der Waals surface area contributed by atoms with E-state index >= 15 is 0 Å². The Morgan fingerprint density at radius 2 is 1.76 bits per heavy atom. The molecule has 0 saturated carbocycles. The molecule has 4 rings (SSSR count). The second-order valence-corrected chi connectivity index (χ2v) is 8.73. The number of Topliss-reactive ketones (excluding diaryl/α,β-unsaturated/α-hetero) is 1. The normalized spacial score (nSPS) is 18.0. The predicted octanol–water partition coefficient (Wildman–Crippen LogP) is 3.24. The number of anilines is 1. The first-order valence-electron chi connectivity index (χ1n) is 11.1. The molecule has 2 aliphatic heterocycles. The highest BCUT2D eigenvalue weighted by Crippen LogP contribution is 2.41. The molecule has 0 aliphatic carbocycles. The summed E-state index contributed by atoms with van der Waals surface area (Å²) in [4.78, 5) is 52.4. The molecule has 1 fully saturated rings. The van der Waals surface area contributed by atoms with Gasteiger partial charge in [-0.25, -0.2) is 4.90 Å². The van der Waals surface area contributed by atoms with E-state index in [4.69, 9.17) is 0 Å². The topological polar surface area (TPSA) is 113 Å². The van der Waals surface area contributed by atoms with E-state index in [0.29, 0.717) is 28.1 Å². The lowest BCUT2D eigenvalue weighted by Gasteiger charge is -2.31. The van der Waals surface area contributed by atoms with Gasteiger partial charge in [0.2, 0.25) is 5.91 Å². The van der Waals surface area contributed by atoms with Gasteiger partial charge < -0.3 is 10.2 Å². The Bertz CT molecular complexity index is 1230. The smallest absolute Gasteiger partial charge is 0.270 e. The summed E-state index contributed by atoms with van der Waals surface area (Å²) >= 11 is 0. The Kier molecular flexibility index (Phi) is 6.30. The lowest BCUT2D eigenvalue weighted by atomic mass is 9.96. The van der Waals surface area contributed by atoms with Gasteiger partial charge in [-0.1, -0.05) is 12.1 Å². The molecule has 0 unspecified atom stereocenters. The van der Waals surface area contributed by atoms with Crippen molar-refractivity contribution in [2.45, 2.75) is 32.7 Å². The number of amides is 2. The van der Waals surface area contributed by atoms with E-state index in [1.54, 1.807) is 30.3 Å². The molecule has 176 valence electrons. The highest BCUT2D eigenvalue weighted by Gasteiger charge is 2.38. The third-order valence-electron chi connectivity index (χ3n) is 6.31. The number of nitro benzene ring substituents is 1. The molecule has 0 atom stereocenters. The maximum absolute atomic E-state index is 13.6. The van der Waals surface area contributed by atoms with E-state index in [1.165, 1.54) is 26.0 Å². The Morgan fingerprint density at radius 1 is 1.06 bits per heavy atom. The minimum absolute atomic E-state index is 0.0385. The summed E-state index contributed by atoms with van der Waals surface area (Å²) in [5.41, 5.74) is 2.28. The molecule has 2 aliphatic rings. The van der Waals surface area contributed by atoms with Crippen molar-refractivity contribution in [3.63, 3.8) is 0 Å². The fourth-order valence-electron chi connectivity index (χ4n) is 4.47. The third kappa shape index (κ3) is 4.34. The number of non-ortho nitro benzene ring substituents is 1. The number of likely N-dealkylation sites (tertiary alicyclic amines) is 1. The van der Waals surface area contributed by atoms with Gasteiger partial charge in [-0.2, -0.15) is 0 Å². The van der Waals surface area contributed by atoms with Crippen LogP contribution >= 0.6 is 0 Å². The molecule has 0 aromatic heterocycles. The van der Waals surface area contributed by atoms with Crippen LogP contribution < -0.4 is 10.2 Å². The predicted molar refractivity (Wildman–Crippen MR) is 128 cm³/mol. The van der Waals surface area contributed by atoms with Crippen molar-refractivity contribution < 1.29 is 19.3 Å². The Balaban J connectivity index is 1.95. The van der Waals surface area contributed by atoms with Crippen LogP contribution in [0.1, 0.15) is 48.2 Å². The number of hydrogen-bond donors (Lipinski definition) is 1. The van der Waals surface area contributed by atoms with Gasteiger partial charge in [0.15, 0.2) is 5.78 Å². The Morgan fingerprint density at radius 3 is 2.38 bits per heavy atom. The number of nitro groups is 1. The lowest BCUT2D eigenvalue weighted by Crippen LogP contribution is -2.40. The number of carbonyl (C=O) groups excluding carboxylic acids is 3. The van der Waals surface area contributed by atoms with Crippen LogP contribution in [0.15, 0.2) is 42.5 Å². The first-order valence-corrected chi connectivity index (χ1v) is 11.1. The monoisotopic (exact) mass is 462 g/mol. The summed E-state index contributed by atoms with van der Waals surface area (Å²) in [5, 5.41) is 14.9. The van der Waals surface area contributed by atoms with Gasteiger partial charge in [0.1, 0.15) is 0 Å². The zero-order valence-electron chi connectivity index (χ0n) is 19.3. The number of fused-ring (bicyclic) bond motifs is 1. The van der Waals surface area contributed by atoms with Gasteiger partial charge in [-0.05, 0) is 58.1 Å². The van der Waals surface area contributed by atoms with Gasteiger partial charge in [0.25, 0.3) is 11.6 Å². The molecule has 9 nitrogen and oxygen atoms in total. The summed E-state index contributed by atoms with van der Waals surface area (Å²) in [7, 11) is 2.04. The van der Waals surface area contributed by atoms with Crippen LogP contribution in [0, 0.1) is 10.1 Å². The van der Waals surface area contributed by atoms with E-state index in [2.05, 4.69) is 10.2 Å². The van der Waals surface area contributed by atoms with Crippen molar-refractivity contribution in [2.75, 3.05) is 25.0 Å². The van der Waals surface area contributed by atoms with E-state index in [0.717, 1.165) is 30.8 Å². The lowest BCUT2D eigenvalue weighted by molar-refractivity contribution is -0.384. The van der Waals surface area contributed by atoms with Crippen molar-refractivity contribution in [2.24, 2.45) is 0 Å². The summed E-state index contributed by atoms with van der Waals surface area (Å²) < 4.78 is 0. The van der Waals surface area contributed by atoms with Gasteiger partial charge in [0, 0.05) is 41.8 Å². The van der Waals surface area contributed by atoms with Gasteiger partial charge in [0.05, 0.1) is 21.9 Å². The van der Waals surface area contributed by atoms with Crippen LogP contribution in [0.4, 0.5) is 11.4 Å². The second-order valence-electron chi connectivity index (χ2n) is 8.73. The van der Waals surface area contributed by atoms with Crippen molar-refractivity contribution in [1.82, 2.24) is 10.2 Å². The van der Waals surface area contributed by atoms with Crippen LogP contribution in [0.2, 0.25) is 0 Å². The molecule has 34 heavy (non-hydrogen) atoms. The molecule has 0 radical (unpaired) electrons. The number of ketones is 1. The maximum atomic E-state index is 13.6. The summed E-state index contributed by atoms with van der Waals surface area (Å²) in [6, 6.07) is 10.9. The summed E-state index contributed by atoms with van der Waals surface area (Å²) in [6.07, 6.45) is 1.65. The number of carbonyl (C=O) groups is 3. The highest BCUT2D eigenvalue weighted by molar-refractivity contribution is 6.43. The van der Waals surface area contributed by atoms with E-state index in [1.807, 2.05) is 7.05 Å². The molecular formula is C25H26N4O5. The number of hydrogen-bond acceptors (Lipinski definition) is 7. The molecule has 0 spiro atoms. The van der Waals surface area contributed by atoms with Crippen LogP contribution in [0.5, 0.6) is 0 Å². The number of rotatable bonds is 5. The molecule has 2 amide bonds. The van der Waals surface area contributed by atoms with Crippen LogP contribution in [0.25, 0.3) is 11.3 Å². The second kappa shape index (κ2) is 9.18. The minimum atomic E-state index is -0.523. The molecule has 2 aromatic carbocycles. The van der Waals surface area contributed by atoms with Crippen molar-refractivity contribution in [1.29, 1.82) is 0 Å². The number of nitrogens with zero attached hydrogens (tertiary/aromatic N) is 3. The van der Waals surface area contributed by atoms with E-state index in [9.17, 15) is 24.5 Å². The van der Waals surface area contributed by atoms with Crippen molar-refractivity contribution >= 4 is 40.2 Å². The standard InChI is InChI=1S/C25H26N4O5/c1-15(30)17-7-8-22-21(14-17)23(25(32)28(22)16(2)31)24(26-19-9-11-27(3)12-10-19)18-5-4-6-20(13-18)29(33)34/h4-8,13-14,19,26H,9-12H2,1-3H3/b24-23-. The van der Waals surface area contributed by atoms with Gasteiger partial charge in [-0.3, -0.25) is 24.5 Å². The van der Waals surface area contributed by atoms with Crippen LogP contribution in [-0.2, 0) is 9.59 Å². The SMILES string of the molecule is CC(=O)c1ccc2c(c1)/C(=C(/NC1CCN(C)CC1)c1cccc([N+](=O)[O-])c1)C(=O)N2C(C)=O. The maximum Gasteiger partial charge on any atom is 0.270 e. The third-order valence-corrected chi connectivity index (χ3v) is 6.31. The van der Waals surface area contributed by atoms with Crippen molar-refractivity contribution in [3.05, 3.63) is 69.3 Å². The zero-order valence-corrected chi connectivity index (χ0v) is 19.3. The van der Waals surface area contributed by atoms with Crippen molar-refractivity contribution in [3.8, 4) is 0 Å². The first-order chi connectivity index (χ1) is 16.2. The molecular weight excluding hydrogens is 436 g/mol. The largest absolute Gasteiger partial charge is 0.381 e. The first kappa shape index (κ1) is 23.3. The van der Waals surface area contributed by atoms with E-state index in [-0.39, 0.29) is 23.1 Å². The summed E-state index contributed by atoms with van der Waals surface area (Å²) in [5.74, 6) is -1.14. The number of nitrogens with one attached hydrogen (secondary N) is 1. The Labute approximate surface area is 197 Å². The fourth-order valence-corrected chi connectivity index (χ4v) is 4.47. The number of benzene rings is 2. The molecule has 2 aromatic rings. The number of imide groups is 1. The molecule has 1 N–H and O–H groups in total. The molecule has 0 bridgehead atoms. The summed E-state index contributed by atoms with van der Waals surface area (Å²) in [6.45, 7) is 4.48. The van der Waals surface area contributed by atoms with E-state index < -0.39 is 16.7 Å². The minimum Gasteiger partial charge on any atom is -0.381 e. The fraction of sp³-hybridized carbons (Fsp3) is 0.320. The zero-order chi connectivity index (χ0) is 24.6. The average molecular weight is 463 g/mol. The Hall–Kier alpha value is -3.85.